The molecule has 6 heteroatoms. The number of nitrogens with one attached hydrogen (secondary N) is 1. The molecule has 1 saturated carbocycles. The largest absolute Gasteiger partial charge is 0.383 e. The van der Waals surface area contributed by atoms with Crippen molar-refractivity contribution in [3.8, 4) is 0 Å². The van der Waals surface area contributed by atoms with Crippen LogP contribution in [0.1, 0.15) is 32.6 Å². The Kier molecular flexibility index (Phi) is 6.37. The normalized spacial score (nSPS) is 20.7. The first kappa shape index (κ1) is 18.3. The minimum Gasteiger partial charge on any atom is -0.383 e. The van der Waals surface area contributed by atoms with Crippen molar-refractivity contribution in [1.29, 1.82) is 0 Å². The van der Waals surface area contributed by atoms with Crippen LogP contribution in [0.25, 0.3) is 11.0 Å². The van der Waals surface area contributed by atoms with Crippen LogP contribution in [0.4, 0.5) is 0 Å². The average Bonchev–Trinajstić information content (AvgIpc) is 2.98. The Morgan fingerprint density at radius 1 is 1.36 bits per heavy atom. The van der Waals surface area contributed by atoms with E-state index in [-0.39, 0.29) is 5.91 Å². The zero-order valence-electron chi connectivity index (χ0n) is 15.0. The minimum atomic E-state index is 0.106. The summed E-state index contributed by atoms with van der Waals surface area (Å²) in [6.07, 6.45) is 4.82. The molecule has 1 aliphatic carbocycles. The summed E-state index contributed by atoms with van der Waals surface area (Å²) in [7, 11) is 1.70. The van der Waals surface area contributed by atoms with Crippen LogP contribution in [-0.4, -0.2) is 41.0 Å². The van der Waals surface area contributed by atoms with Crippen LogP contribution >= 0.6 is 11.8 Å². The molecular weight excluding hydrogens is 334 g/mol. The van der Waals surface area contributed by atoms with Crippen LogP contribution in [0.15, 0.2) is 29.4 Å². The van der Waals surface area contributed by atoms with E-state index in [9.17, 15) is 4.79 Å². The summed E-state index contributed by atoms with van der Waals surface area (Å²) in [4.78, 5) is 17.1. The lowest BCUT2D eigenvalue weighted by molar-refractivity contribution is -0.119. The van der Waals surface area contributed by atoms with Gasteiger partial charge in [-0.3, -0.25) is 4.79 Å². The molecule has 1 heterocycles. The molecule has 1 amide bonds. The van der Waals surface area contributed by atoms with Crippen LogP contribution in [0, 0.1) is 5.92 Å². The van der Waals surface area contributed by atoms with Crippen LogP contribution in [0.2, 0.25) is 0 Å². The van der Waals surface area contributed by atoms with Crippen molar-refractivity contribution in [3.05, 3.63) is 24.3 Å². The van der Waals surface area contributed by atoms with Crippen molar-refractivity contribution in [2.24, 2.45) is 5.92 Å². The first-order valence-corrected chi connectivity index (χ1v) is 10.0. The van der Waals surface area contributed by atoms with E-state index in [1.807, 2.05) is 18.2 Å². The van der Waals surface area contributed by atoms with Crippen molar-refractivity contribution in [1.82, 2.24) is 14.9 Å². The van der Waals surface area contributed by atoms with E-state index in [0.717, 1.165) is 29.2 Å². The van der Waals surface area contributed by atoms with E-state index in [1.54, 1.807) is 7.11 Å². The first-order valence-electron chi connectivity index (χ1n) is 9.05. The third-order valence-corrected chi connectivity index (χ3v) is 5.91. The third-order valence-electron chi connectivity index (χ3n) is 4.93. The first-order chi connectivity index (χ1) is 12.2. The zero-order valence-corrected chi connectivity index (χ0v) is 15.8. The predicted molar refractivity (Wildman–Crippen MR) is 102 cm³/mol. The average molecular weight is 362 g/mol. The van der Waals surface area contributed by atoms with Crippen LogP contribution < -0.4 is 5.32 Å². The molecular formula is C19H27N3O2S. The molecule has 1 N–H and O–H groups in total. The van der Waals surface area contributed by atoms with Crippen LogP contribution in [0.3, 0.4) is 0 Å². The maximum Gasteiger partial charge on any atom is 0.230 e. The standard InChI is InChI=1S/C19H27N3O2S/c1-14-7-3-4-8-15(14)20-18(23)13-25-19-21-16-9-5-6-10-17(16)22(19)11-12-24-2/h5-6,9-10,14-15H,3-4,7-8,11-13H2,1-2H3,(H,20,23). The number of ether oxygens (including phenoxy) is 1. The fourth-order valence-electron chi connectivity index (χ4n) is 3.47. The van der Waals surface area contributed by atoms with Gasteiger partial charge in [0.15, 0.2) is 5.16 Å². The summed E-state index contributed by atoms with van der Waals surface area (Å²) in [6, 6.07) is 8.40. The smallest absolute Gasteiger partial charge is 0.230 e. The highest BCUT2D eigenvalue weighted by Gasteiger charge is 2.23. The number of amides is 1. The lowest BCUT2D eigenvalue weighted by Gasteiger charge is -2.29. The van der Waals surface area contributed by atoms with Gasteiger partial charge in [0.05, 0.1) is 23.4 Å². The highest BCUT2D eigenvalue weighted by Crippen LogP contribution is 2.26. The molecule has 0 aliphatic heterocycles. The van der Waals surface area contributed by atoms with Gasteiger partial charge in [-0.1, -0.05) is 43.7 Å². The quantitative estimate of drug-likeness (QED) is 0.767. The van der Waals surface area contributed by atoms with Gasteiger partial charge in [-0.25, -0.2) is 4.98 Å². The highest BCUT2D eigenvalue weighted by molar-refractivity contribution is 7.99. The molecule has 0 saturated heterocycles. The Labute approximate surface area is 153 Å². The number of imidazole rings is 1. The van der Waals surface area contributed by atoms with Gasteiger partial charge < -0.3 is 14.6 Å². The van der Waals surface area contributed by atoms with Gasteiger partial charge in [-0.15, -0.1) is 0 Å². The van der Waals surface area contributed by atoms with E-state index in [1.165, 1.54) is 31.0 Å². The number of nitrogens with zero attached hydrogens (tertiary/aromatic N) is 2. The number of hydrogen-bond acceptors (Lipinski definition) is 4. The van der Waals surface area contributed by atoms with E-state index in [2.05, 4.69) is 27.9 Å². The number of fused-ring (bicyclic) bond motifs is 1. The number of benzene rings is 1. The molecule has 1 fully saturated rings. The number of hydrogen-bond donors (Lipinski definition) is 1. The summed E-state index contributed by atoms with van der Waals surface area (Å²) in [5, 5.41) is 4.09. The molecule has 1 aliphatic rings. The van der Waals surface area contributed by atoms with Crippen LogP contribution in [0.5, 0.6) is 0 Å². The lowest BCUT2D eigenvalue weighted by atomic mass is 9.86. The molecule has 3 rings (SSSR count). The van der Waals surface area contributed by atoms with E-state index < -0.39 is 0 Å². The Bertz CT molecular complexity index is 716. The summed E-state index contributed by atoms with van der Waals surface area (Å²) >= 11 is 1.51. The highest BCUT2D eigenvalue weighted by atomic mass is 32.2. The maximum absolute atomic E-state index is 12.4. The number of carbonyl (C=O) groups excluding carboxylic acids is 1. The Hall–Kier alpha value is -1.53. The molecule has 0 spiro atoms. The molecule has 1 aromatic carbocycles. The second kappa shape index (κ2) is 8.72. The van der Waals surface area contributed by atoms with Crippen LogP contribution in [-0.2, 0) is 16.1 Å². The van der Waals surface area contributed by atoms with Gasteiger partial charge in [0.1, 0.15) is 0 Å². The SMILES string of the molecule is COCCn1c(SCC(=O)NC2CCCCC2C)nc2ccccc21. The van der Waals surface area contributed by atoms with Gasteiger partial charge in [0.2, 0.25) is 5.91 Å². The van der Waals surface area contributed by atoms with E-state index >= 15 is 0 Å². The summed E-state index contributed by atoms with van der Waals surface area (Å²) < 4.78 is 7.36. The molecule has 5 nitrogen and oxygen atoms in total. The second-order valence-electron chi connectivity index (χ2n) is 6.75. The maximum atomic E-state index is 12.4. The number of thioether (sulfide) groups is 1. The van der Waals surface area contributed by atoms with Gasteiger partial charge >= 0.3 is 0 Å². The van der Waals surface area contributed by atoms with E-state index in [0.29, 0.717) is 24.3 Å². The number of rotatable bonds is 7. The van der Waals surface area contributed by atoms with Gasteiger partial charge in [-0.2, -0.15) is 0 Å². The molecule has 2 atom stereocenters. The molecule has 136 valence electrons. The van der Waals surface area contributed by atoms with Crippen molar-refractivity contribution in [3.63, 3.8) is 0 Å². The van der Waals surface area contributed by atoms with Gasteiger partial charge in [-0.05, 0) is 30.9 Å². The molecule has 2 aromatic rings. The zero-order chi connectivity index (χ0) is 17.6. The Morgan fingerprint density at radius 2 is 2.16 bits per heavy atom. The van der Waals surface area contributed by atoms with Gasteiger partial charge in [0.25, 0.3) is 0 Å². The van der Waals surface area contributed by atoms with E-state index in [4.69, 9.17) is 4.74 Å². The second-order valence-corrected chi connectivity index (χ2v) is 7.69. The fraction of sp³-hybridized carbons (Fsp3) is 0.579. The van der Waals surface area contributed by atoms with Crippen molar-refractivity contribution in [2.75, 3.05) is 19.5 Å². The molecule has 0 radical (unpaired) electrons. The van der Waals surface area contributed by atoms with Gasteiger partial charge in [0, 0.05) is 19.7 Å². The monoisotopic (exact) mass is 361 g/mol. The topological polar surface area (TPSA) is 56.1 Å². The summed E-state index contributed by atoms with van der Waals surface area (Å²) in [5.74, 6) is 1.09. The number of carbonyl (C=O) groups is 1. The van der Waals surface area contributed by atoms with Crippen molar-refractivity contribution in [2.45, 2.75) is 50.4 Å². The molecule has 0 bridgehead atoms. The number of methoxy groups -OCH3 is 1. The molecule has 25 heavy (non-hydrogen) atoms. The predicted octanol–water partition coefficient (Wildman–Crippen LogP) is 3.47. The van der Waals surface area contributed by atoms with Crippen molar-refractivity contribution < 1.29 is 9.53 Å². The molecule has 1 aromatic heterocycles. The Morgan fingerprint density at radius 3 is 2.96 bits per heavy atom. The molecule has 2 unspecified atom stereocenters. The number of para-hydroxylation sites is 2. The summed E-state index contributed by atoms with van der Waals surface area (Å²) in [5.41, 5.74) is 2.05. The van der Waals surface area contributed by atoms with Crippen molar-refractivity contribution >= 4 is 28.7 Å². The summed E-state index contributed by atoms with van der Waals surface area (Å²) in [6.45, 7) is 3.60. The third kappa shape index (κ3) is 4.55. The minimum absolute atomic E-state index is 0.106. The fourth-order valence-corrected chi connectivity index (χ4v) is 4.32. The number of aromatic nitrogens is 2. The lowest BCUT2D eigenvalue weighted by Crippen LogP contribution is -2.41. The Balaban J connectivity index is 1.64.